The molecule has 2 fully saturated rings. The molecule has 3 unspecified atom stereocenters. The summed E-state index contributed by atoms with van der Waals surface area (Å²) in [6, 6.07) is 2.46. The minimum atomic E-state index is 0.761. The van der Waals surface area contributed by atoms with E-state index < -0.39 is 0 Å². The van der Waals surface area contributed by atoms with Gasteiger partial charge in [0.05, 0.1) is 0 Å². The number of likely N-dealkylation sites (tertiary alicyclic amines) is 1. The van der Waals surface area contributed by atoms with Crippen molar-refractivity contribution in [3.8, 4) is 0 Å². The van der Waals surface area contributed by atoms with Crippen molar-refractivity contribution >= 4 is 0 Å². The van der Waals surface area contributed by atoms with Crippen LogP contribution in [-0.4, -0.2) is 61.2 Å². The molecule has 3 nitrogen and oxygen atoms in total. The molecule has 18 heavy (non-hydrogen) atoms. The molecule has 2 aliphatic rings. The van der Waals surface area contributed by atoms with Crippen LogP contribution in [0.2, 0.25) is 0 Å². The molecule has 2 rings (SSSR count). The summed E-state index contributed by atoms with van der Waals surface area (Å²) < 4.78 is 0. The molecule has 0 spiro atoms. The van der Waals surface area contributed by atoms with Crippen molar-refractivity contribution in [2.45, 2.75) is 64.1 Å². The Hall–Kier alpha value is -0.120. The molecular weight excluding hydrogens is 222 g/mol. The lowest BCUT2D eigenvalue weighted by Crippen LogP contribution is -2.41. The number of likely N-dealkylation sites (N-methyl/N-ethyl adjacent to an activating group) is 1. The van der Waals surface area contributed by atoms with Gasteiger partial charge in [-0.15, -0.1) is 0 Å². The van der Waals surface area contributed by atoms with Crippen molar-refractivity contribution in [3.63, 3.8) is 0 Å². The zero-order valence-electron chi connectivity index (χ0n) is 12.5. The van der Waals surface area contributed by atoms with Crippen molar-refractivity contribution in [1.82, 2.24) is 15.1 Å². The van der Waals surface area contributed by atoms with E-state index in [1.807, 2.05) is 0 Å². The second kappa shape index (κ2) is 6.88. The summed E-state index contributed by atoms with van der Waals surface area (Å²) in [4.78, 5) is 5.39. The average Bonchev–Trinajstić information content (AvgIpc) is 2.59. The highest BCUT2D eigenvalue weighted by molar-refractivity contribution is 4.92. The first-order chi connectivity index (χ1) is 8.72. The lowest BCUT2D eigenvalue weighted by molar-refractivity contribution is 0.172. The second-order valence-corrected chi connectivity index (χ2v) is 6.18. The maximum absolute atomic E-state index is 3.43. The molecule has 2 heterocycles. The smallest absolute Gasteiger partial charge is 0.0223 e. The summed E-state index contributed by atoms with van der Waals surface area (Å²) in [5, 5.41) is 3.43. The van der Waals surface area contributed by atoms with Crippen molar-refractivity contribution in [2.24, 2.45) is 0 Å². The van der Waals surface area contributed by atoms with E-state index in [9.17, 15) is 0 Å². The molecule has 0 saturated carbocycles. The van der Waals surface area contributed by atoms with E-state index in [0.717, 1.165) is 24.7 Å². The summed E-state index contributed by atoms with van der Waals surface area (Å²) in [5.41, 5.74) is 0. The Balaban J connectivity index is 1.75. The van der Waals surface area contributed by atoms with Gasteiger partial charge in [-0.25, -0.2) is 0 Å². The highest BCUT2D eigenvalue weighted by atomic mass is 15.3. The molecule has 2 aliphatic heterocycles. The van der Waals surface area contributed by atoms with Gasteiger partial charge in [0, 0.05) is 24.7 Å². The first-order valence-electron chi connectivity index (χ1n) is 7.89. The van der Waals surface area contributed by atoms with Crippen LogP contribution in [0.4, 0.5) is 0 Å². The maximum Gasteiger partial charge on any atom is 0.0223 e. The molecular formula is C15H31N3. The lowest BCUT2D eigenvalue weighted by Gasteiger charge is -2.31. The highest BCUT2D eigenvalue weighted by Crippen LogP contribution is 2.29. The van der Waals surface area contributed by atoms with Gasteiger partial charge in [-0.3, -0.25) is 9.80 Å². The summed E-state index contributed by atoms with van der Waals surface area (Å²) in [6.45, 7) is 9.51. The molecule has 0 aromatic carbocycles. The first-order valence-corrected chi connectivity index (χ1v) is 7.89. The number of nitrogens with zero attached hydrogens (tertiary/aromatic N) is 2. The van der Waals surface area contributed by atoms with Crippen LogP contribution < -0.4 is 5.32 Å². The van der Waals surface area contributed by atoms with E-state index in [4.69, 9.17) is 0 Å². The second-order valence-electron chi connectivity index (χ2n) is 6.18. The molecule has 0 aromatic rings. The van der Waals surface area contributed by atoms with Crippen LogP contribution in [0.25, 0.3) is 0 Å². The Labute approximate surface area is 113 Å². The van der Waals surface area contributed by atoms with Crippen molar-refractivity contribution in [2.75, 3.05) is 33.2 Å². The third-order valence-electron chi connectivity index (χ3n) is 5.03. The topological polar surface area (TPSA) is 18.5 Å². The van der Waals surface area contributed by atoms with Gasteiger partial charge < -0.3 is 5.32 Å². The van der Waals surface area contributed by atoms with Gasteiger partial charge in [0.25, 0.3) is 0 Å². The lowest BCUT2D eigenvalue weighted by atomic mass is 10.1. The van der Waals surface area contributed by atoms with E-state index in [-0.39, 0.29) is 0 Å². The van der Waals surface area contributed by atoms with E-state index in [1.54, 1.807) is 0 Å². The van der Waals surface area contributed by atoms with Crippen LogP contribution in [0.15, 0.2) is 0 Å². The summed E-state index contributed by atoms with van der Waals surface area (Å²) in [5.74, 6) is 0. The van der Waals surface area contributed by atoms with Crippen molar-refractivity contribution in [1.29, 1.82) is 0 Å². The molecule has 3 atom stereocenters. The first kappa shape index (κ1) is 14.3. The highest BCUT2D eigenvalue weighted by Gasteiger charge is 2.35. The standard InChI is InChI=1S/C15H31N3/c1-4-16-10-5-6-13(2)18-11-9-14-7-8-15(12-18)17(14)3/h13-16H,4-12H2,1-3H3. The molecule has 2 saturated heterocycles. The van der Waals surface area contributed by atoms with Crippen molar-refractivity contribution < 1.29 is 0 Å². The quantitative estimate of drug-likeness (QED) is 0.730. The van der Waals surface area contributed by atoms with Gasteiger partial charge >= 0.3 is 0 Å². The Morgan fingerprint density at radius 2 is 2.00 bits per heavy atom. The molecule has 0 aliphatic carbocycles. The van der Waals surface area contributed by atoms with Crippen LogP contribution >= 0.6 is 0 Å². The van der Waals surface area contributed by atoms with Crippen LogP contribution in [0.1, 0.15) is 46.0 Å². The van der Waals surface area contributed by atoms with E-state index in [0.29, 0.717) is 0 Å². The zero-order chi connectivity index (χ0) is 13.0. The minimum absolute atomic E-state index is 0.761. The number of nitrogens with one attached hydrogen (secondary N) is 1. The van der Waals surface area contributed by atoms with Crippen molar-refractivity contribution in [3.05, 3.63) is 0 Å². The number of fused-ring (bicyclic) bond motifs is 2. The van der Waals surface area contributed by atoms with Crippen LogP contribution in [-0.2, 0) is 0 Å². The van der Waals surface area contributed by atoms with Gasteiger partial charge in [-0.2, -0.15) is 0 Å². The zero-order valence-corrected chi connectivity index (χ0v) is 12.5. The Morgan fingerprint density at radius 1 is 1.22 bits per heavy atom. The fraction of sp³-hybridized carbons (Fsp3) is 1.00. The molecule has 0 amide bonds. The molecule has 2 bridgehead atoms. The maximum atomic E-state index is 3.43. The van der Waals surface area contributed by atoms with Gasteiger partial charge in [0.1, 0.15) is 0 Å². The van der Waals surface area contributed by atoms with Gasteiger partial charge in [0.2, 0.25) is 0 Å². The molecule has 0 radical (unpaired) electrons. The van der Waals surface area contributed by atoms with E-state index in [1.165, 1.54) is 51.7 Å². The third kappa shape index (κ3) is 3.46. The van der Waals surface area contributed by atoms with Crippen LogP contribution in [0.5, 0.6) is 0 Å². The van der Waals surface area contributed by atoms with Gasteiger partial charge in [-0.1, -0.05) is 6.92 Å². The normalized spacial score (nSPS) is 31.5. The predicted octanol–water partition coefficient (Wildman–Crippen LogP) is 1.93. The summed E-state index contributed by atoms with van der Waals surface area (Å²) in [6.07, 6.45) is 6.89. The van der Waals surface area contributed by atoms with Gasteiger partial charge in [0.15, 0.2) is 0 Å². The third-order valence-corrected chi connectivity index (χ3v) is 5.03. The summed E-state index contributed by atoms with van der Waals surface area (Å²) >= 11 is 0. The Morgan fingerprint density at radius 3 is 2.78 bits per heavy atom. The Bertz CT molecular complexity index is 244. The fourth-order valence-corrected chi connectivity index (χ4v) is 3.62. The minimum Gasteiger partial charge on any atom is -0.317 e. The monoisotopic (exact) mass is 253 g/mol. The van der Waals surface area contributed by atoms with Gasteiger partial charge in [-0.05, 0) is 65.7 Å². The van der Waals surface area contributed by atoms with E-state index in [2.05, 4.69) is 36.0 Å². The molecule has 3 heteroatoms. The fourth-order valence-electron chi connectivity index (χ4n) is 3.62. The largest absolute Gasteiger partial charge is 0.317 e. The molecule has 106 valence electrons. The predicted molar refractivity (Wildman–Crippen MR) is 78.0 cm³/mol. The van der Waals surface area contributed by atoms with Crippen LogP contribution in [0.3, 0.4) is 0 Å². The average molecular weight is 253 g/mol. The number of hydrogen-bond acceptors (Lipinski definition) is 3. The molecule has 0 aromatic heterocycles. The SMILES string of the molecule is CCNCCCC(C)N1CCC2CCC(C1)N2C. The molecule has 1 N–H and O–H groups in total. The number of rotatable bonds is 6. The summed E-state index contributed by atoms with van der Waals surface area (Å²) in [7, 11) is 2.33. The number of hydrogen-bond donors (Lipinski definition) is 1. The van der Waals surface area contributed by atoms with E-state index >= 15 is 0 Å². The van der Waals surface area contributed by atoms with Crippen LogP contribution in [0, 0.1) is 0 Å². The Kier molecular flexibility index (Phi) is 5.46.